The quantitative estimate of drug-likeness (QED) is 0.872. The third kappa shape index (κ3) is 3.88. The number of pyridine rings is 2. The van der Waals surface area contributed by atoms with E-state index in [-0.39, 0.29) is 6.42 Å². The van der Waals surface area contributed by atoms with E-state index in [0.29, 0.717) is 12.3 Å². The Balaban J connectivity index is 2.08. The summed E-state index contributed by atoms with van der Waals surface area (Å²) in [5.74, 6) is -0.416. The summed E-state index contributed by atoms with van der Waals surface area (Å²) in [6.07, 6.45) is 5.31. The highest BCUT2D eigenvalue weighted by Crippen LogP contribution is 2.24. The second-order valence-corrected chi connectivity index (χ2v) is 4.88. The fourth-order valence-electron chi connectivity index (χ4n) is 2.13. The number of hydrogen-bond acceptors (Lipinski definition) is 3. The SMILES string of the molecule is CC(CCCC(=O)O)c1ccnc(-c2ccccn2)c1. The lowest BCUT2D eigenvalue weighted by atomic mass is 9.95. The molecule has 0 aromatic carbocycles. The molecule has 2 aromatic heterocycles. The van der Waals surface area contributed by atoms with E-state index in [0.717, 1.165) is 17.8 Å². The minimum atomic E-state index is -0.735. The topological polar surface area (TPSA) is 63.1 Å². The van der Waals surface area contributed by atoms with Crippen molar-refractivity contribution >= 4 is 5.97 Å². The Kier molecular flexibility index (Phi) is 4.82. The van der Waals surface area contributed by atoms with Crippen LogP contribution in [0, 0.1) is 0 Å². The minimum Gasteiger partial charge on any atom is -0.481 e. The molecule has 4 heteroatoms. The predicted octanol–water partition coefficient (Wildman–Crippen LogP) is 3.50. The lowest BCUT2D eigenvalue weighted by molar-refractivity contribution is -0.137. The highest BCUT2D eigenvalue weighted by atomic mass is 16.4. The molecule has 0 spiro atoms. The van der Waals surface area contributed by atoms with Gasteiger partial charge in [0, 0.05) is 18.8 Å². The fraction of sp³-hybridized carbons (Fsp3) is 0.312. The minimum absolute atomic E-state index is 0.225. The van der Waals surface area contributed by atoms with Gasteiger partial charge in [-0.25, -0.2) is 0 Å². The molecule has 1 atom stereocenters. The van der Waals surface area contributed by atoms with Crippen molar-refractivity contribution in [1.82, 2.24) is 9.97 Å². The predicted molar refractivity (Wildman–Crippen MR) is 77.4 cm³/mol. The number of carboxylic acid groups (broad SMARTS) is 1. The average molecular weight is 270 g/mol. The van der Waals surface area contributed by atoms with Gasteiger partial charge in [-0.05, 0) is 48.6 Å². The van der Waals surface area contributed by atoms with E-state index >= 15 is 0 Å². The molecule has 0 amide bonds. The van der Waals surface area contributed by atoms with Crippen LogP contribution in [0.25, 0.3) is 11.4 Å². The molecule has 0 radical (unpaired) electrons. The Morgan fingerprint density at radius 3 is 2.70 bits per heavy atom. The molecular formula is C16H18N2O2. The molecule has 1 N–H and O–H groups in total. The molecule has 0 saturated carbocycles. The van der Waals surface area contributed by atoms with Crippen LogP contribution in [0.15, 0.2) is 42.7 Å². The molecular weight excluding hydrogens is 252 g/mol. The monoisotopic (exact) mass is 270 g/mol. The zero-order valence-electron chi connectivity index (χ0n) is 11.5. The van der Waals surface area contributed by atoms with Crippen molar-refractivity contribution in [3.63, 3.8) is 0 Å². The Bertz CT molecular complexity index is 570. The van der Waals surface area contributed by atoms with Crippen molar-refractivity contribution in [3.8, 4) is 11.4 Å². The van der Waals surface area contributed by atoms with Crippen LogP contribution in [0.2, 0.25) is 0 Å². The molecule has 1 unspecified atom stereocenters. The zero-order chi connectivity index (χ0) is 14.4. The summed E-state index contributed by atoms with van der Waals surface area (Å²) in [7, 11) is 0. The average Bonchev–Trinajstić information content (AvgIpc) is 2.48. The van der Waals surface area contributed by atoms with Gasteiger partial charge in [0.2, 0.25) is 0 Å². The van der Waals surface area contributed by atoms with Crippen LogP contribution in [-0.4, -0.2) is 21.0 Å². The van der Waals surface area contributed by atoms with Crippen molar-refractivity contribution in [2.75, 3.05) is 0 Å². The number of carboxylic acids is 1. The first-order chi connectivity index (χ1) is 9.66. The highest BCUT2D eigenvalue weighted by Gasteiger charge is 2.09. The van der Waals surface area contributed by atoms with Crippen molar-refractivity contribution < 1.29 is 9.90 Å². The molecule has 0 saturated heterocycles. The second-order valence-electron chi connectivity index (χ2n) is 4.88. The van der Waals surface area contributed by atoms with Crippen LogP contribution in [0.4, 0.5) is 0 Å². The molecule has 0 aliphatic rings. The first-order valence-electron chi connectivity index (χ1n) is 6.76. The van der Waals surface area contributed by atoms with Crippen LogP contribution < -0.4 is 0 Å². The van der Waals surface area contributed by atoms with Crippen molar-refractivity contribution in [2.45, 2.75) is 32.1 Å². The van der Waals surface area contributed by atoms with Crippen LogP contribution in [0.5, 0.6) is 0 Å². The summed E-state index contributed by atoms with van der Waals surface area (Å²) in [5, 5.41) is 8.67. The van der Waals surface area contributed by atoms with Crippen molar-refractivity contribution in [2.24, 2.45) is 0 Å². The van der Waals surface area contributed by atoms with Gasteiger partial charge in [-0.3, -0.25) is 14.8 Å². The van der Waals surface area contributed by atoms with Crippen LogP contribution in [0.1, 0.15) is 37.7 Å². The third-order valence-corrected chi connectivity index (χ3v) is 3.31. The molecule has 2 rings (SSSR count). The van der Waals surface area contributed by atoms with Gasteiger partial charge in [0.15, 0.2) is 0 Å². The number of aromatic nitrogens is 2. The Morgan fingerprint density at radius 1 is 1.20 bits per heavy atom. The van der Waals surface area contributed by atoms with E-state index in [4.69, 9.17) is 5.11 Å². The summed E-state index contributed by atoms with van der Waals surface area (Å²) in [6, 6.07) is 9.77. The van der Waals surface area contributed by atoms with Crippen LogP contribution in [0.3, 0.4) is 0 Å². The lowest BCUT2D eigenvalue weighted by Crippen LogP contribution is -1.99. The first-order valence-corrected chi connectivity index (χ1v) is 6.76. The summed E-state index contributed by atoms with van der Waals surface area (Å²) < 4.78 is 0. The lowest BCUT2D eigenvalue weighted by Gasteiger charge is -2.12. The van der Waals surface area contributed by atoms with Gasteiger partial charge in [0.1, 0.15) is 0 Å². The number of aliphatic carboxylic acids is 1. The van der Waals surface area contributed by atoms with Gasteiger partial charge in [-0.2, -0.15) is 0 Å². The van der Waals surface area contributed by atoms with Crippen LogP contribution in [-0.2, 0) is 4.79 Å². The first kappa shape index (κ1) is 14.2. The second kappa shape index (κ2) is 6.80. The van der Waals surface area contributed by atoms with Gasteiger partial charge in [-0.15, -0.1) is 0 Å². The smallest absolute Gasteiger partial charge is 0.303 e. The van der Waals surface area contributed by atoms with Gasteiger partial charge in [-0.1, -0.05) is 13.0 Å². The Hall–Kier alpha value is -2.23. The van der Waals surface area contributed by atoms with E-state index in [1.807, 2.05) is 30.3 Å². The standard InChI is InChI=1S/C16H18N2O2/c1-12(5-4-7-16(19)20)13-8-10-18-15(11-13)14-6-2-3-9-17-14/h2-3,6,8-12H,4-5,7H2,1H3,(H,19,20). The molecule has 0 fully saturated rings. The molecule has 0 aliphatic heterocycles. The highest BCUT2D eigenvalue weighted by molar-refractivity contribution is 5.66. The molecule has 20 heavy (non-hydrogen) atoms. The summed E-state index contributed by atoms with van der Waals surface area (Å²) in [5.41, 5.74) is 2.88. The van der Waals surface area contributed by atoms with Crippen molar-refractivity contribution in [1.29, 1.82) is 0 Å². The molecule has 0 aliphatic carbocycles. The molecule has 2 aromatic rings. The maximum Gasteiger partial charge on any atom is 0.303 e. The maximum absolute atomic E-state index is 10.5. The number of carbonyl (C=O) groups is 1. The molecule has 2 heterocycles. The Labute approximate surface area is 118 Å². The van der Waals surface area contributed by atoms with E-state index in [1.165, 1.54) is 5.56 Å². The summed E-state index contributed by atoms with van der Waals surface area (Å²) >= 11 is 0. The van der Waals surface area contributed by atoms with E-state index in [9.17, 15) is 4.79 Å². The summed E-state index contributed by atoms with van der Waals surface area (Å²) in [4.78, 5) is 19.2. The van der Waals surface area contributed by atoms with Crippen LogP contribution >= 0.6 is 0 Å². The fourth-order valence-corrected chi connectivity index (χ4v) is 2.13. The Morgan fingerprint density at radius 2 is 2.00 bits per heavy atom. The van der Waals surface area contributed by atoms with Gasteiger partial charge < -0.3 is 5.11 Å². The van der Waals surface area contributed by atoms with Crippen molar-refractivity contribution in [3.05, 3.63) is 48.3 Å². The summed E-state index contributed by atoms with van der Waals surface area (Å²) in [6.45, 7) is 2.11. The largest absolute Gasteiger partial charge is 0.481 e. The number of hydrogen-bond donors (Lipinski definition) is 1. The zero-order valence-corrected chi connectivity index (χ0v) is 11.5. The molecule has 0 bridgehead atoms. The normalized spacial score (nSPS) is 12.1. The van der Waals surface area contributed by atoms with E-state index < -0.39 is 5.97 Å². The maximum atomic E-state index is 10.5. The molecule has 4 nitrogen and oxygen atoms in total. The number of rotatable bonds is 6. The van der Waals surface area contributed by atoms with Gasteiger partial charge >= 0.3 is 5.97 Å². The third-order valence-electron chi connectivity index (χ3n) is 3.31. The van der Waals surface area contributed by atoms with Gasteiger partial charge in [0.25, 0.3) is 0 Å². The van der Waals surface area contributed by atoms with E-state index in [1.54, 1.807) is 12.4 Å². The molecule has 104 valence electrons. The van der Waals surface area contributed by atoms with Gasteiger partial charge in [0.05, 0.1) is 11.4 Å². The number of nitrogens with zero attached hydrogens (tertiary/aromatic N) is 2. The van der Waals surface area contributed by atoms with E-state index in [2.05, 4.69) is 16.9 Å².